The molecule has 0 radical (unpaired) electrons. The van der Waals surface area contributed by atoms with Gasteiger partial charge in [0.15, 0.2) is 5.82 Å². The summed E-state index contributed by atoms with van der Waals surface area (Å²) in [5.74, 6) is -0.702. The van der Waals surface area contributed by atoms with Crippen molar-refractivity contribution in [2.75, 3.05) is 34.8 Å². The Morgan fingerprint density at radius 2 is 1.58 bits per heavy atom. The number of aromatic nitrogens is 4. The van der Waals surface area contributed by atoms with Crippen molar-refractivity contribution < 1.29 is 28.7 Å². The van der Waals surface area contributed by atoms with Crippen LogP contribution in [0.4, 0.5) is 28.6 Å². The van der Waals surface area contributed by atoms with E-state index in [0.29, 0.717) is 72.2 Å². The first-order chi connectivity index (χ1) is 28.7. The molecule has 60 heavy (non-hydrogen) atoms. The third kappa shape index (κ3) is 7.88. The number of imidazole rings is 1. The van der Waals surface area contributed by atoms with Crippen LogP contribution in [0.3, 0.4) is 0 Å². The second-order valence-electron chi connectivity index (χ2n) is 15.5. The zero-order valence-electron chi connectivity index (χ0n) is 33.7. The van der Waals surface area contributed by atoms with E-state index >= 15 is 0 Å². The highest BCUT2D eigenvalue weighted by molar-refractivity contribution is 6.07. The van der Waals surface area contributed by atoms with E-state index in [1.807, 2.05) is 25.1 Å². The van der Waals surface area contributed by atoms with Gasteiger partial charge in [-0.05, 0) is 66.8 Å². The first-order valence-corrected chi connectivity index (χ1v) is 19.4. The quantitative estimate of drug-likeness (QED) is 0.0816. The number of carbonyl (C=O) groups is 5. The van der Waals surface area contributed by atoms with Gasteiger partial charge in [-0.15, -0.1) is 0 Å². The van der Waals surface area contributed by atoms with Gasteiger partial charge in [-0.25, -0.2) is 4.98 Å². The number of nitrogen functional groups attached to an aromatic ring is 1. The number of nitrogens with one attached hydrogen (secondary N) is 3. The smallest absolute Gasteiger partial charge is 0.291 e. The number of aliphatic imine (C=N–C) groups is 1. The Balaban J connectivity index is 0.817. The Hall–Kier alpha value is -7.43. The molecule has 1 saturated heterocycles. The van der Waals surface area contributed by atoms with Gasteiger partial charge < -0.3 is 49.9 Å². The van der Waals surface area contributed by atoms with E-state index in [1.165, 1.54) is 16.8 Å². The summed E-state index contributed by atoms with van der Waals surface area (Å²) in [4.78, 5) is 78.4. The summed E-state index contributed by atoms with van der Waals surface area (Å²) in [6.07, 6.45) is 7.83. The van der Waals surface area contributed by atoms with Crippen molar-refractivity contribution in [3.05, 3.63) is 113 Å². The minimum Gasteiger partial charge on any atom is -0.493 e. The lowest BCUT2D eigenvalue weighted by Gasteiger charge is -2.20. The molecule has 5 aromatic rings. The number of aryl methyl sites for hydroxylation is 4. The third-order valence-electron chi connectivity index (χ3n) is 10.8. The minimum atomic E-state index is -0.546. The number of amides is 5. The number of ether oxygens (including phenoxy) is 1. The van der Waals surface area contributed by atoms with Crippen molar-refractivity contribution in [3.63, 3.8) is 0 Å². The second-order valence-corrected chi connectivity index (χ2v) is 15.5. The first-order valence-electron chi connectivity index (χ1n) is 19.4. The molecule has 0 spiro atoms. The van der Waals surface area contributed by atoms with E-state index in [-0.39, 0.29) is 54.1 Å². The third-order valence-corrected chi connectivity index (χ3v) is 10.8. The monoisotopic (exact) mass is 811 g/mol. The molecule has 3 aliphatic rings. The maximum Gasteiger partial charge on any atom is 0.291 e. The van der Waals surface area contributed by atoms with Crippen LogP contribution in [0.2, 0.25) is 0 Å². The Morgan fingerprint density at radius 1 is 0.867 bits per heavy atom. The molecular formula is C43H45N11O6. The predicted octanol–water partition coefficient (Wildman–Crippen LogP) is 4.93. The normalized spacial score (nSPS) is 15.4. The molecule has 2 aromatic carbocycles. The van der Waals surface area contributed by atoms with Gasteiger partial charge in [0.25, 0.3) is 23.6 Å². The van der Waals surface area contributed by atoms with Crippen molar-refractivity contribution in [2.45, 2.75) is 45.3 Å². The van der Waals surface area contributed by atoms with Gasteiger partial charge in [-0.1, -0.05) is 18.2 Å². The van der Waals surface area contributed by atoms with Gasteiger partial charge in [-0.3, -0.25) is 29.0 Å². The first kappa shape index (κ1) is 39.4. The molecule has 0 unspecified atom stereocenters. The van der Waals surface area contributed by atoms with Crippen molar-refractivity contribution in [1.29, 1.82) is 0 Å². The van der Waals surface area contributed by atoms with E-state index in [4.69, 9.17) is 10.5 Å². The summed E-state index contributed by atoms with van der Waals surface area (Å²) in [7, 11) is 5.05. The van der Waals surface area contributed by atoms with Crippen molar-refractivity contribution in [3.8, 4) is 5.75 Å². The predicted molar refractivity (Wildman–Crippen MR) is 226 cm³/mol. The zero-order chi connectivity index (χ0) is 42.4. The van der Waals surface area contributed by atoms with Crippen LogP contribution in [0.25, 0.3) is 0 Å². The molecule has 1 fully saturated rings. The number of hydrogen-bond acceptors (Lipinski definition) is 9. The van der Waals surface area contributed by atoms with Gasteiger partial charge in [-0.2, -0.15) is 0 Å². The van der Waals surface area contributed by atoms with Crippen LogP contribution < -0.4 is 26.4 Å². The lowest BCUT2D eigenvalue weighted by Crippen LogP contribution is -2.35. The van der Waals surface area contributed by atoms with E-state index in [2.05, 4.69) is 32.5 Å². The van der Waals surface area contributed by atoms with Crippen LogP contribution in [0.5, 0.6) is 5.75 Å². The molecule has 17 heteroatoms. The Bertz CT molecular complexity index is 2650. The van der Waals surface area contributed by atoms with Gasteiger partial charge >= 0.3 is 0 Å². The number of nitrogens with zero attached hydrogens (tertiary/aromatic N) is 7. The number of anilines is 4. The van der Waals surface area contributed by atoms with Gasteiger partial charge in [0.1, 0.15) is 17.1 Å². The summed E-state index contributed by atoms with van der Waals surface area (Å²) in [5.41, 5.74) is 13.0. The van der Waals surface area contributed by atoms with E-state index in [0.717, 1.165) is 22.3 Å². The highest BCUT2D eigenvalue weighted by atomic mass is 16.5. The Morgan fingerprint density at radius 3 is 2.37 bits per heavy atom. The van der Waals surface area contributed by atoms with Crippen LogP contribution in [0.15, 0.2) is 78.2 Å². The average molecular weight is 812 g/mol. The van der Waals surface area contributed by atoms with E-state index in [1.54, 1.807) is 76.9 Å². The number of hydrogen-bond donors (Lipinski definition) is 4. The Kier molecular flexibility index (Phi) is 10.3. The molecule has 0 bridgehead atoms. The van der Waals surface area contributed by atoms with Crippen LogP contribution in [-0.4, -0.2) is 83.4 Å². The highest BCUT2D eigenvalue weighted by Gasteiger charge is 2.34. The van der Waals surface area contributed by atoms with Crippen molar-refractivity contribution >= 4 is 64.3 Å². The molecule has 0 saturated carbocycles. The number of nitrogens with two attached hydrogens (primary N) is 1. The topological polar surface area (TPSA) is 203 Å². The SMILES string of the molecule is C=C1C[C@H]2C=Nc3cc(OCCCC(=O)Nc4cn(C)c(C(=O)Nc5cc(C(=O)Nc6cc(C(=O)N7Cc8ccc(N)cc8C7)n(C)c6)n(C)c5)n4)c(C)cc3C(=O)N2C1. The summed E-state index contributed by atoms with van der Waals surface area (Å²) >= 11 is 0. The molecule has 308 valence electrons. The van der Waals surface area contributed by atoms with Crippen LogP contribution in [-0.2, 0) is 39.0 Å². The lowest BCUT2D eigenvalue weighted by molar-refractivity contribution is -0.116. The fourth-order valence-corrected chi connectivity index (χ4v) is 7.78. The summed E-state index contributed by atoms with van der Waals surface area (Å²) in [5, 5.41) is 8.34. The summed E-state index contributed by atoms with van der Waals surface area (Å²) in [6.45, 7) is 7.59. The molecule has 8 rings (SSSR count). The van der Waals surface area contributed by atoms with Gasteiger partial charge in [0.05, 0.1) is 35.3 Å². The number of fused-ring (bicyclic) bond motifs is 3. The lowest BCUT2D eigenvalue weighted by atomic mass is 10.1. The standard InChI is InChI=1S/C43H45N11O6/c1-24-11-31-17-45-33-16-36(25(2)12-32(33)42(58)54(31)18-24)60-10-6-7-38(55)48-37-23-52(5)39(49-37)41(57)47-29-14-34(50(3)21-29)40(56)46-30-15-35(51(4)22-30)43(59)53-19-26-8-9-28(44)13-27(26)20-53/h8-9,12-17,21-23,31H,1,6-7,10-11,18-20,44H2,2-5H3,(H,46,56)(H,47,57)(H,48,55)/t31-/m0/s1. The van der Waals surface area contributed by atoms with Gasteiger partial charge in [0, 0.05) is 83.8 Å². The van der Waals surface area contributed by atoms with E-state index < -0.39 is 11.8 Å². The molecule has 3 aromatic heterocycles. The van der Waals surface area contributed by atoms with Crippen LogP contribution >= 0.6 is 0 Å². The molecule has 5 N–H and O–H groups in total. The second kappa shape index (κ2) is 15.7. The van der Waals surface area contributed by atoms with Crippen LogP contribution in [0, 0.1) is 6.92 Å². The zero-order valence-corrected chi connectivity index (χ0v) is 33.7. The fourth-order valence-electron chi connectivity index (χ4n) is 7.78. The average Bonchev–Trinajstić information content (AvgIpc) is 4.02. The molecule has 5 amide bonds. The fraction of sp³-hybridized carbons (Fsp3) is 0.279. The molecular weight excluding hydrogens is 767 g/mol. The summed E-state index contributed by atoms with van der Waals surface area (Å²) in [6, 6.07) is 12.3. The maximum absolute atomic E-state index is 13.4. The number of rotatable bonds is 11. The van der Waals surface area contributed by atoms with Crippen molar-refractivity contribution in [1.82, 2.24) is 28.5 Å². The molecule has 0 aliphatic carbocycles. The molecule has 3 aliphatic heterocycles. The van der Waals surface area contributed by atoms with Gasteiger partial charge in [0.2, 0.25) is 11.7 Å². The summed E-state index contributed by atoms with van der Waals surface area (Å²) < 4.78 is 10.7. The largest absolute Gasteiger partial charge is 0.493 e. The Labute approximate surface area is 345 Å². The molecule has 1 atom stereocenters. The number of benzene rings is 2. The minimum absolute atomic E-state index is 0.0414. The highest BCUT2D eigenvalue weighted by Crippen LogP contribution is 2.35. The molecule has 17 nitrogen and oxygen atoms in total. The van der Waals surface area contributed by atoms with E-state index in [9.17, 15) is 24.0 Å². The molecule has 6 heterocycles. The van der Waals surface area contributed by atoms with Crippen LogP contribution in [0.1, 0.15) is 77.9 Å². The number of carbonyl (C=O) groups excluding carboxylic acids is 5. The maximum atomic E-state index is 13.4. The van der Waals surface area contributed by atoms with Crippen molar-refractivity contribution in [2.24, 2.45) is 26.1 Å².